The largest absolute Gasteiger partial charge is 0.389 e. The third kappa shape index (κ3) is 4.10. The van der Waals surface area contributed by atoms with Crippen molar-refractivity contribution in [2.75, 3.05) is 6.54 Å². The van der Waals surface area contributed by atoms with E-state index in [0.717, 1.165) is 25.7 Å². The summed E-state index contributed by atoms with van der Waals surface area (Å²) in [4.78, 5) is 0. The predicted molar refractivity (Wildman–Crippen MR) is 55.6 cm³/mol. The van der Waals surface area contributed by atoms with Gasteiger partial charge in [-0.1, -0.05) is 44.9 Å². The highest BCUT2D eigenvalue weighted by Crippen LogP contribution is 2.24. The van der Waals surface area contributed by atoms with Crippen LogP contribution in [0.5, 0.6) is 0 Å². The number of hydrogen-bond donors (Lipinski definition) is 2. The number of hydrogen-bond acceptors (Lipinski definition) is 2. The Morgan fingerprint density at radius 2 is 1.23 bits per heavy atom. The molecule has 13 heavy (non-hydrogen) atoms. The third-order valence-corrected chi connectivity index (χ3v) is 3.16. The Balaban J connectivity index is 2.34. The predicted octanol–water partition coefficient (Wildman–Crippen LogP) is 2.20. The fraction of sp³-hybridized carbons (Fsp3) is 1.00. The molecular weight excluding hydrogens is 162 g/mol. The van der Waals surface area contributed by atoms with Crippen LogP contribution in [0.2, 0.25) is 0 Å². The highest BCUT2D eigenvalue weighted by atomic mass is 16.3. The molecule has 0 aromatic heterocycles. The van der Waals surface area contributed by atoms with Gasteiger partial charge in [0.15, 0.2) is 0 Å². The van der Waals surface area contributed by atoms with E-state index in [4.69, 9.17) is 5.73 Å². The van der Waals surface area contributed by atoms with Crippen LogP contribution >= 0.6 is 0 Å². The van der Waals surface area contributed by atoms with E-state index < -0.39 is 5.60 Å². The molecule has 0 aliphatic heterocycles. The number of rotatable bonds is 1. The van der Waals surface area contributed by atoms with Crippen molar-refractivity contribution < 1.29 is 5.11 Å². The van der Waals surface area contributed by atoms with Gasteiger partial charge in [0, 0.05) is 6.54 Å². The maximum absolute atomic E-state index is 10.1. The van der Waals surface area contributed by atoms with Gasteiger partial charge in [0.25, 0.3) is 0 Å². The van der Waals surface area contributed by atoms with E-state index in [9.17, 15) is 5.11 Å². The molecule has 78 valence electrons. The molecule has 1 rings (SSSR count). The average Bonchev–Trinajstić information content (AvgIpc) is 2.16. The van der Waals surface area contributed by atoms with Gasteiger partial charge in [0.2, 0.25) is 0 Å². The molecule has 0 saturated heterocycles. The first-order valence-electron chi connectivity index (χ1n) is 5.69. The summed E-state index contributed by atoms with van der Waals surface area (Å²) in [7, 11) is 0. The summed E-state index contributed by atoms with van der Waals surface area (Å²) in [5.74, 6) is 0. The minimum Gasteiger partial charge on any atom is -0.389 e. The van der Waals surface area contributed by atoms with Crippen LogP contribution < -0.4 is 5.73 Å². The summed E-state index contributed by atoms with van der Waals surface area (Å²) in [5.41, 5.74) is 5.05. The molecule has 1 saturated carbocycles. The van der Waals surface area contributed by atoms with Gasteiger partial charge in [-0.15, -0.1) is 0 Å². The molecular formula is C11H23NO. The Kier molecular flexibility index (Phi) is 4.74. The van der Waals surface area contributed by atoms with Crippen LogP contribution in [0.1, 0.15) is 57.8 Å². The Bertz CT molecular complexity index is 126. The van der Waals surface area contributed by atoms with Gasteiger partial charge in [-0.25, -0.2) is 0 Å². The van der Waals surface area contributed by atoms with E-state index in [1.165, 1.54) is 32.1 Å². The molecule has 0 radical (unpaired) electrons. The summed E-state index contributed by atoms with van der Waals surface area (Å²) in [6.07, 6.45) is 10.7. The second-order valence-electron chi connectivity index (χ2n) is 4.40. The molecule has 0 bridgehead atoms. The molecule has 0 spiro atoms. The molecule has 1 fully saturated rings. The number of nitrogens with two attached hydrogens (primary N) is 1. The lowest BCUT2D eigenvalue weighted by molar-refractivity contribution is 0.0255. The number of aliphatic hydroxyl groups is 1. The molecule has 0 aromatic rings. The Morgan fingerprint density at radius 3 is 1.62 bits per heavy atom. The normalized spacial score (nSPS) is 25.4. The van der Waals surface area contributed by atoms with Crippen molar-refractivity contribution >= 4 is 0 Å². The van der Waals surface area contributed by atoms with E-state index in [1.807, 2.05) is 0 Å². The zero-order valence-electron chi connectivity index (χ0n) is 8.60. The molecule has 0 heterocycles. The van der Waals surface area contributed by atoms with Crippen molar-refractivity contribution in [1.82, 2.24) is 0 Å². The van der Waals surface area contributed by atoms with Crippen LogP contribution in [0.15, 0.2) is 0 Å². The SMILES string of the molecule is NCC1(O)CCCCCCCCC1. The molecule has 3 N–H and O–H groups in total. The highest BCUT2D eigenvalue weighted by molar-refractivity contribution is 4.79. The van der Waals surface area contributed by atoms with Gasteiger partial charge in [-0.2, -0.15) is 0 Å². The maximum atomic E-state index is 10.1. The summed E-state index contributed by atoms with van der Waals surface area (Å²) in [5, 5.41) is 10.1. The third-order valence-electron chi connectivity index (χ3n) is 3.16. The van der Waals surface area contributed by atoms with Crippen molar-refractivity contribution in [3.05, 3.63) is 0 Å². The van der Waals surface area contributed by atoms with Gasteiger partial charge in [-0.05, 0) is 12.8 Å². The van der Waals surface area contributed by atoms with E-state index >= 15 is 0 Å². The molecule has 0 unspecified atom stereocenters. The van der Waals surface area contributed by atoms with Crippen LogP contribution in [-0.2, 0) is 0 Å². The van der Waals surface area contributed by atoms with Crippen molar-refractivity contribution in [2.45, 2.75) is 63.4 Å². The first kappa shape index (κ1) is 11.0. The van der Waals surface area contributed by atoms with Gasteiger partial charge >= 0.3 is 0 Å². The Hall–Kier alpha value is -0.0800. The van der Waals surface area contributed by atoms with Crippen molar-refractivity contribution in [2.24, 2.45) is 5.73 Å². The molecule has 2 nitrogen and oxygen atoms in total. The molecule has 1 aliphatic rings. The van der Waals surface area contributed by atoms with Crippen molar-refractivity contribution in [3.63, 3.8) is 0 Å². The minimum absolute atomic E-state index is 0.438. The summed E-state index contributed by atoms with van der Waals surface area (Å²) >= 11 is 0. The van der Waals surface area contributed by atoms with Crippen LogP contribution in [0.3, 0.4) is 0 Å². The van der Waals surface area contributed by atoms with Crippen molar-refractivity contribution in [3.8, 4) is 0 Å². The van der Waals surface area contributed by atoms with Gasteiger partial charge in [-0.3, -0.25) is 0 Å². The second-order valence-corrected chi connectivity index (χ2v) is 4.40. The zero-order chi connectivity index (χ0) is 9.57. The van der Waals surface area contributed by atoms with Crippen LogP contribution in [-0.4, -0.2) is 17.3 Å². The molecule has 1 aliphatic carbocycles. The summed E-state index contributed by atoms with van der Waals surface area (Å²) < 4.78 is 0. The molecule has 0 amide bonds. The summed E-state index contributed by atoms with van der Waals surface area (Å²) in [6, 6.07) is 0. The van der Waals surface area contributed by atoms with Gasteiger partial charge in [0.1, 0.15) is 0 Å². The molecule has 0 atom stereocenters. The van der Waals surface area contributed by atoms with Crippen LogP contribution in [0.25, 0.3) is 0 Å². The fourth-order valence-electron chi connectivity index (χ4n) is 2.12. The Morgan fingerprint density at radius 1 is 0.846 bits per heavy atom. The second kappa shape index (κ2) is 5.61. The Labute approximate surface area is 81.5 Å². The van der Waals surface area contributed by atoms with Crippen LogP contribution in [0.4, 0.5) is 0 Å². The minimum atomic E-state index is -0.544. The standard InChI is InChI=1S/C11H23NO/c12-10-11(13)8-6-4-2-1-3-5-7-9-11/h13H,1-10,12H2. The van der Waals surface area contributed by atoms with Gasteiger partial charge in [0.05, 0.1) is 5.60 Å². The van der Waals surface area contributed by atoms with Crippen molar-refractivity contribution in [1.29, 1.82) is 0 Å². The van der Waals surface area contributed by atoms with Gasteiger partial charge < -0.3 is 10.8 Å². The fourth-order valence-corrected chi connectivity index (χ4v) is 2.12. The monoisotopic (exact) mass is 185 g/mol. The zero-order valence-corrected chi connectivity index (χ0v) is 8.60. The van der Waals surface area contributed by atoms with Crippen LogP contribution in [0, 0.1) is 0 Å². The smallest absolute Gasteiger partial charge is 0.0769 e. The van der Waals surface area contributed by atoms with E-state index in [2.05, 4.69) is 0 Å². The molecule has 2 heteroatoms. The lowest BCUT2D eigenvalue weighted by Crippen LogP contribution is -2.37. The first-order chi connectivity index (χ1) is 6.27. The lowest BCUT2D eigenvalue weighted by atomic mass is 9.88. The summed E-state index contributed by atoms with van der Waals surface area (Å²) in [6.45, 7) is 0.438. The lowest BCUT2D eigenvalue weighted by Gasteiger charge is -2.27. The quantitative estimate of drug-likeness (QED) is 0.658. The van der Waals surface area contributed by atoms with E-state index in [-0.39, 0.29) is 0 Å². The topological polar surface area (TPSA) is 46.2 Å². The van der Waals surface area contributed by atoms with E-state index in [0.29, 0.717) is 6.54 Å². The maximum Gasteiger partial charge on any atom is 0.0769 e. The highest BCUT2D eigenvalue weighted by Gasteiger charge is 2.23. The first-order valence-corrected chi connectivity index (χ1v) is 5.69. The van der Waals surface area contributed by atoms with E-state index in [1.54, 1.807) is 0 Å². The average molecular weight is 185 g/mol. The molecule has 0 aromatic carbocycles.